The molecule has 1 aliphatic rings. The van der Waals surface area contributed by atoms with Crippen LogP contribution in [0.2, 0.25) is 5.15 Å². The lowest BCUT2D eigenvalue weighted by Crippen LogP contribution is -2.06. The van der Waals surface area contributed by atoms with Crippen LogP contribution < -0.4 is 11.5 Å². The molecule has 12 nitrogen and oxygen atoms in total. The van der Waals surface area contributed by atoms with E-state index in [9.17, 15) is 25.6 Å². The summed E-state index contributed by atoms with van der Waals surface area (Å²) < 4.78 is 78.5. The fourth-order valence-electron chi connectivity index (χ4n) is 5.47. The number of H-pyrrole nitrogens is 2. The summed E-state index contributed by atoms with van der Waals surface area (Å²) in [6.07, 6.45) is 4.96. The van der Waals surface area contributed by atoms with Gasteiger partial charge in [0.2, 0.25) is 19.7 Å². The molecular weight excluding hydrogens is 686 g/mol. The van der Waals surface area contributed by atoms with E-state index in [1.165, 1.54) is 30.3 Å². The van der Waals surface area contributed by atoms with E-state index in [1.54, 1.807) is 13.8 Å². The van der Waals surface area contributed by atoms with Gasteiger partial charge in [0, 0.05) is 0 Å². The Morgan fingerprint density at radius 3 is 1.75 bits per heavy atom. The molecule has 48 heavy (non-hydrogen) atoms. The van der Waals surface area contributed by atoms with Crippen molar-refractivity contribution in [3.63, 3.8) is 0 Å². The number of nitrogens with two attached hydrogens (primary N) is 2. The molecule has 7 rings (SSSR count). The number of sulfone groups is 2. The lowest BCUT2D eigenvalue weighted by atomic mass is 10.1. The van der Waals surface area contributed by atoms with Crippen LogP contribution in [-0.4, -0.2) is 46.7 Å². The Morgan fingerprint density at radius 2 is 1.25 bits per heavy atom. The highest BCUT2D eigenvalue weighted by molar-refractivity contribution is 7.92. The third-order valence-corrected chi connectivity index (χ3v) is 11.5. The van der Waals surface area contributed by atoms with Crippen LogP contribution in [0, 0.1) is 25.5 Å². The first-order valence-corrected chi connectivity index (χ1v) is 17.7. The summed E-state index contributed by atoms with van der Waals surface area (Å²) in [5.74, 6) is -0.692. The van der Waals surface area contributed by atoms with Gasteiger partial charge in [-0.15, -0.1) is 0 Å². The van der Waals surface area contributed by atoms with Crippen molar-refractivity contribution in [2.24, 2.45) is 0 Å². The standard InChI is InChI=1S/C18H17FN4O2S.C13H10ClFN4O2S/c1-10-21-14(11-5-2-3-6-11)15-16(22-10)17(18(20)23-15)26(24,25)13-8-4-7-12(19)9-13;1-6-17-9-10(12(14)18-6)19-13(16)11(9)22(20,21)8-4-2-3-7(15)5-8/h4-5,7-9,23H,2-3,6,20H2,1H3;2-5,19H,16H2,1H3. The maximum absolute atomic E-state index is 13.5. The van der Waals surface area contributed by atoms with E-state index in [0.717, 1.165) is 43.0 Å². The highest BCUT2D eigenvalue weighted by Gasteiger charge is 2.30. The molecule has 0 saturated heterocycles. The first kappa shape index (κ1) is 33.0. The van der Waals surface area contributed by atoms with Crippen LogP contribution in [0.25, 0.3) is 27.6 Å². The molecule has 2 aromatic carbocycles. The van der Waals surface area contributed by atoms with Crippen molar-refractivity contribution in [1.82, 2.24) is 29.9 Å². The number of halogens is 3. The smallest absolute Gasteiger partial charge is 0.212 e. The van der Waals surface area contributed by atoms with Crippen LogP contribution in [0.15, 0.2) is 74.2 Å². The second-order valence-electron chi connectivity index (χ2n) is 10.9. The summed E-state index contributed by atoms with van der Waals surface area (Å²) in [6, 6.07) is 9.51. The molecule has 0 bridgehead atoms. The topological polar surface area (TPSA) is 203 Å². The minimum atomic E-state index is -4.05. The number of hydrogen-bond acceptors (Lipinski definition) is 10. The van der Waals surface area contributed by atoms with Gasteiger partial charge < -0.3 is 21.4 Å². The number of allylic oxidation sites excluding steroid dienone is 2. The highest BCUT2D eigenvalue weighted by atomic mass is 35.5. The Balaban J connectivity index is 0.000000170. The Morgan fingerprint density at radius 1 is 0.750 bits per heavy atom. The monoisotopic (exact) mass is 712 g/mol. The maximum atomic E-state index is 13.5. The zero-order valence-electron chi connectivity index (χ0n) is 25.3. The molecule has 6 N–H and O–H groups in total. The average Bonchev–Trinajstić information content (AvgIpc) is 3.75. The van der Waals surface area contributed by atoms with Crippen molar-refractivity contribution in [3.05, 3.63) is 88.7 Å². The van der Waals surface area contributed by atoms with Gasteiger partial charge in [-0.25, -0.2) is 45.6 Å². The molecule has 17 heteroatoms. The van der Waals surface area contributed by atoms with Gasteiger partial charge in [0.1, 0.15) is 61.3 Å². The van der Waals surface area contributed by atoms with Crippen LogP contribution in [0.4, 0.5) is 20.4 Å². The number of nitrogen functional groups attached to an aromatic ring is 2. The number of benzene rings is 2. The lowest BCUT2D eigenvalue weighted by Gasteiger charge is -2.07. The van der Waals surface area contributed by atoms with Gasteiger partial charge in [0.15, 0.2) is 5.15 Å². The van der Waals surface area contributed by atoms with Crippen molar-refractivity contribution < 1.29 is 25.6 Å². The number of rotatable bonds is 5. The van der Waals surface area contributed by atoms with Crippen LogP contribution in [0.1, 0.15) is 36.6 Å². The van der Waals surface area contributed by atoms with Crippen LogP contribution >= 0.6 is 11.6 Å². The van der Waals surface area contributed by atoms with Gasteiger partial charge in [-0.1, -0.05) is 29.8 Å². The van der Waals surface area contributed by atoms with Crippen molar-refractivity contribution in [2.75, 3.05) is 11.5 Å². The van der Waals surface area contributed by atoms with Gasteiger partial charge in [0.25, 0.3) is 0 Å². The van der Waals surface area contributed by atoms with Crippen molar-refractivity contribution in [2.45, 2.75) is 52.7 Å². The third kappa shape index (κ3) is 5.86. The van der Waals surface area contributed by atoms with Gasteiger partial charge >= 0.3 is 0 Å². The summed E-state index contributed by atoms with van der Waals surface area (Å²) in [5.41, 5.74) is 14.6. The normalized spacial score (nSPS) is 13.5. The molecule has 248 valence electrons. The first-order valence-electron chi connectivity index (χ1n) is 14.4. The summed E-state index contributed by atoms with van der Waals surface area (Å²) in [6.45, 7) is 3.29. The fraction of sp³-hybridized carbons (Fsp3) is 0.161. The zero-order chi connectivity index (χ0) is 34.5. The first-order chi connectivity index (χ1) is 22.7. The molecule has 0 spiro atoms. The molecule has 0 fully saturated rings. The van der Waals surface area contributed by atoms with Gasteiger partial charge in [-0.05, 0) is 75.1 Å². The predicted octanol–water partition coefficient (Wildman–Crippen LogP) is 5.86. The molecule has 0 atom stereocenters. The Kier molecular flexibility index (Phi) is 8.43. The lowest BCUT2D eigenvalue weighted by molar-refractivity contribution is 0.590. The van der Waals surface area contributed by atoms with Crippen molar-refractivity contribution in [1.29, 1.82) is 0 Å². The number of hydrogen-bond donors (Lipinski definition) is 4. The van der Waals surface area contributed by atoms with Crippen LogP contribution in [0.3, 0.4) is 0 Å². The quantitative estimate of drug-likeness (QED) is 0.157. The molecule has 4 aromatic heterocycles. The number of nitrogens with one attached hydrogen (secondary N) is 2. The van der Waals surface area contributed by atoms with E-state index in [2.05, 4.69) is 36.0 Å². The molecular formula is C31H27ClF2N8O4S2. The molecule has 0 radical (unpaired) electrons. The largest absolute Gasteiger partial charge is 0.384 e. The summed E-state index contributed by atoms with van der Waals surface area (Å²) in [4.78, 5) is 21.7. The highest BCUT2D eigenvalue weighted by Crippen LogP contribution is 2.38. The Labute approximate surface area is 278 Å². The van der Waals surface area contributed by atoms with E-state index >= 15 is 0 Å². The van der Waals surface area contributed by atoms with E-state index < -0.39 is 31.3 Å². The Hall–Kier alpha value is -4.93. The molecule has 4 heterocycles. The third-order valence-electron chi connectivity index (χ3n) is 7.53. The number of aromatic amines is 2. The van der Waals surface area contributed by atoms with Gasteiger partial charge in [0.05, 0.1) is 21.0 Å². The molecule has 0 saturated carbocycles. The maximum Gasteiger partial charge on any atom is 0.212 e. The summed E-state index contributed by atoms with van der Waals surface area (Å²) in [5, 5.41) is 0.0647. The second kappa shape index (κ2) is 12.3. The second-order valence-corrected chi connectivity index (χ2v) is 15.0. The number of aryl methyl sites for hydroxylation is 2. The van der Waals surface area contributed by atoms with Crippen molar-refractivity contribution >= 4 is 70.6 Å². The number of fused-ring (bicyclic) bond motifs is 2. The van der Waals surface area contributed by atoms with E-state index in [-0.39, 0.29) is 52.9 Å². The Bertz CT molecular complexity index is 2520. The number of aromatic nitrogens is 6. The van der Waals surface area contributed by atoms with E-state index in [4.69, 9.17) is 23.1 Å². The van der Waals surface area contributed by atoms with E-state index in [1.807, 2.05) is 0 Å². The SMILES string of the molecule is Cc1nc(C2=CCCC2)c2[nH]c(N)c(S(=O)(=O)c3cccc(F)c3)c2n1.Cc1nc(Cl)c2[nH]c(N)c(S(=O)(=O)c3cccc(F)c3)c2n1. The van der Waals surface area contributed by atoms with Gasteiger partial charge in [-0.3, -0.25) is 0 Å². The van der Waals surface area contributed by atoms with Gasteiger partial charge in [-0.2, -0.15) is 0 Å². The molecule has 0 unspecified atom stereocenters. The van der Waals surface area contributed by atoms with Crippen LogP contribution in [-0.2, 0) is 19.7 Å². The molecule has 0 aliphatic heterocycles. The predicted molar refractivity (Wildman–Crippen MR) is 177 cm³/mol. The number of nitrogens with zero attached hydrogens (tertiary/aromatic N) is 4. The zero-order valence-corrected chi connectivity index (χ0v) is 27.7. The minimum Gasteiger partial charge on any atom is -0.384 e. The molecule has 0 amide bonds. The summed E-state index contributed by atoms with van der Waals surface area (Å²) >= 11 is 5.98. The van der Waals surface area contributed by atoms with Crippen molar-refractivity contribution in [3.8, 4) is 0 Å². The number of anilines is 2. The van der Waals surface area contributed by atoms with Crippen LogP contribution in [0.5, 0.6) is 0 Å². The average molecular weight is 713 g/mol. The summed E-state index contributed by atoms with van der Waals surface area (Å²) in [7, 11) is -8.09. The molecule has 6 aromatic rings. The van der Waals surface area contributed by atoms with E-state index in [0.29, 0.717) is 22.9 Å². The fourth-order valence-corrected chi connectivity index (χ4v) is 8.74. The minimum absolute atomic E-state index is 0.0241. The molecule has 1 aliphatic carbocycles.